The van der Waals surface area contributed by atoms with Crippen molar-refractivity contribution in [3.05, 3.63) is 50.6 Å². The molecule has 0 bridgehead atoms. The van der Waals surface area contributed by atoms with Gasteiger partial charge < -0.3 is 11.1 Å². The Hall–Kier alpha value is -0.940. The number of hydrogen-bond donors (Lipinski definition) is 2. The van der Waals surface area contributed by atoms with E-state index in [1.165, 1.54) is 0 Å². The summed E-state index contributed by atoms with van der Waals surface area (Å²) in [5.41, 5.74) is 9.54. The van der Waals surface area contributed by atoms with Crippen molar-refractivity contribution in [1.82, 2.24) is 0 Å². The summed E-state index contributed by atoms with van der Waals surface area (Å²) >= 11 is 8.38. The summed E-state index contributed by atoms with van der Waals surface area (Å²) < 4.78 is 1.11. The Kier molecular flexibility index (Phi) is 3.79. The second kappa shape index (κ2) is 5.14. The van der Waals surface area contributed by atoms with Gasteiger partial charge in [-0.15, -0.1) is 0 Å². The minimum Gasteiger partial charge on any atom is -0.397 e. The Morgan fingerprint density at radius 1 is 1.12 bits per heavy atom. The van der Waals surface area contributed by atoms with Crippen LogP contribution in [0.3, 0.4) is 0 Å². The summed E-state index contributed by atoms with van der Waals surface area (Å²) in [6, 6.07) is 11.8. The lowest BCUT2D eigenvalue weighted by molar-refractivity contribution is 1.45. The minimum absolute atomic E-state index is 0.692. The van der Waals surface area contributed by atoms with Gasteiger partial charge in [-0.25, -0.2) is 0 Å². The molecule has 0 heterocycles. The van der Waals surface area contributed by atoms with Crippen LogP contribution >= 0.6 is 34.2 Å². The third-order valence-electron chi connectivity index (χ3n) is 2.41. The van der Waals surface area contributed by atoms with E-state index in [1.54, 1.807) is 0 Å². The zero-order valence-corrected chi connectivity index (χ0v) is 12.2. The lowest BCUT2D eigenvalue weighted by Gasteiger charge is -2.11. The van der Waals surface area contributed by atoms with E-state index >= 15 is 0 Å². The van der Waals surface area contributed by atoms with E-state index in [9.17, 15) is 0 Å². The molecule has 0 aliphatic carbocycles. The van der Waals surface area contributed by atoms with Gasteiger partial charge in [-0.05, 0) is 65.4 Å². The summed E-state index contributed by atoms with van der Waals surface area (Å²) in [7, 11) is 0. The third kappa shape index (κ3) is 3.04. The molecule has 2 aromatic carbocycles. The normalized spacial score (nSPS) is 10.3. The first-order valence-electron chi connectivity index (χ1n) is 5.14. The standard InChI is InChI=1S/C13H12ClIN2/c1-8-2-4-13(11(16)6-8)17-12-5-3-9(15)7-10(12)14/h2-7,17H,16H2,1H3. The third-order valence-corrected chi connectivity index (χ3v) is 3.39. The highest BCUT2D eigenvalue weighted by molar-refractivity contribution is 14.1. The summed E-state index contributed by atoms with van der Waals surface area (Å²) in [4.78, 5) is 0. The fraction of sp³-hybridized carbons (Fsp3) is 0.0769. The quantitative estimate of drug-likeness (QED) is 0.609. The molecule has 0 fully saturated rings. The maximum atomic E-state index is 6.15. The maximum Gasteiger partial charge on any atom is 0.0651 e. The Balaban J connectivity index is 2.31. The number of aryl methyl sites for hydroxylation is 1. The maximum absolute atomic E-state index is 6.15. The number of anilines is 3. The van der Waals surface area contributed by atoms with Crippen LogP contribution in [0, 0.1) is 10.5 Å². The number of nitrogen functional groups attached to an aromatic ring is 1. The first kappa shape index (κ1) is 12.5. The SMILES string of the molecule is Cc1ccc(Nc2ccc(I)cc2Cl)c(N)c1. The van der Waals surface area contributed by atoms with Crippen LogP contribution in [0.2, 0.25) is 5.02 Å². The van der Waals surface area contributed by atoms with Gasteiger partial charge in [0.15, 0.2) is 0 Å². The first-order chi connectivity index (χ1) is 8.06. The summed E-state index contributed by atoms with van der Waals surface area (Å²) in [6.07, 6.45) is 0. The Morgan fingerprint density at radius 3 is 2.47 bits per heavy atom. The van der Waals surface area contributed by atoms with Gasteiger partial charge >= 0.3 is 0 Å². The second-order valence-electron chi connectivity index (χ2n) is 3.84. The highest BCUT2D eigenvalue weighted by Crippen LogP contribution is 2.29. The molecular weight excluding hydrogens is 347 g/mol. The van der Waals surface area contributed by atoms with Gasteiger partial charge in [-0.2, -0.15) is 0 Å². The Labute approximate surface area is 119 Å². The largest absolute Gasteiger partial charge is 0.397 e. The van der Waals surface area contributed by atoms with Crippen LogP contribution in [-0.4, -0.2) is 0 Å². The minimum atomic E-state index is 0.692. The predicted molar refractivity (Wildman–Crippen MR) is 83.0 cm³/mol. The van der Waals surface area contributed by atoms with Crippen molar-refractivity contribution >= 4 is 51.3 Å². The van der Waals surface area contributed by atoms with E-state index in [0.29, 0.717) is 5.02 Å². The monoisotopic (exact) mass is 358 g/mol. The molecule has 4 heteroatoms. The van der Waals surface area contributed by atoms with Crippen LogP contribution in [0.25, 0.3) is 0 Å². The van der Waals surface area contributed by atoms with E-state index in [0.717, 1.165) is 26.2 Å². The van der Waals surface area contributed by atoms with Crippen molar-refractivity contribution in [2.24, 2.45) is 0 Å². The summed E-state index contributed by atoms with van der Waals surface area (Å²) in [5, 5.41) is 3.93. The number of hydrogen-bond acceptors (Lipinski definition) is 2. The lowest BCUT2D eigenvalue weighted by Crippen LogP contribution is -1.97. The molecule has 0 unspecified atom stereocenters. The molecule has 0 aromatic heterocycles. The van der Waals surface area contributed by atoms with Crippen molar-refractivity contribution in [3.63, 3.8) is 0 Å². The summed E-state index contributed by atoms with van der Waals surface area (Å²) in [5.74, 6) is 0. The zero-order valence-electron chi connectivity index (χ0n) is 9.30. The van der Waals surface area contributed by atoms with Gasteiger partial charge in [-0.3, -0.25) is 0 Å². The number of benzene rings is 2. The number of rotatable bonds is 2. The number of nitrogens with one attached hydrogen (secondary N) is 1. The summed E-state index contributed by atoms with van der Waals surface area (Å²) in [6.45, 7) is 2.01. The van der Waals surface area contributed by atoms with Gasteiger partial charge in [0, 0.05) is 3.57 Å². The Morgan fingerprint density at radius 2 is 1.82 bits per heavy atom. The van der Waals surface area contributed by atoms with Gasteiger partial charge in [0.05, 0.1) is 22.1 Å². The van der Waals surface area contributed by atoms with E-state index < -0.39 is 0 Å². The molecule has 2 aromatic rings. The van der Waals surface area contributed by atoms with E-state index in [2.05, 4.69) is 27.9 Å². The van der Waals surface area contributed by atoms with Crippen LogP contribution in [0.1, 0.15) is 5.56 Å². The second-order valence-corrected chi connectivity index (χ2v) is 5.49. The van der Waals surface area contributed by atoms with Gasteiger partial charge in [0.25, 0.3) is 0 Å². The Bertz CT molecular complexity index is 506. The van der Waals surface area contributed by atoms with Gasteiger partial charge in [0.1, 0.15) is 0 Å². The van der Waals surface area contributed by atoms with Crippen molar-refractivity contribution in [2.45, 2.75) is 6.92 Å². The fourth-order valence-electron chi connectivity index (χ4n) is 1.53. The molecule has 0 radical (unpaired) electrons. The average molecular weight is 359 g/mol. The molecule has 0 amide bonds. The van der Waals surface area contributed by atoms with E-state index in [-0.39, 0.29) is 0 Å². The molecule has 0 saturated heterocycles. The van der Waals surface area contributed by atoms with E-state index in [1.807, 2.05) is 43.3 Å². The molecule has 0 atom stereocenters. The molecule has 2 rings (SSSR count). The van der Waals surface area contributed by atoms with Crippen LogP contribution in [0.4, 0.5) is 17.1 Å². The van der Waals surface area contributed by atoms with E-state index in [4.69, 9.17) is 17.3 Å². The molecule has 88 valence electrons. The van der Waals surface area contributed by atoms with Gasteiger partial charge in [0.2, 0.25) is 0 Å². The van der Waals surface area contributed by atoms with Gasteiger partial charge in [-0.1, -0.05) is 17.7 Å². The molecule has 0 aliphatic rings. The van der Waals surface area contributed by atoms with Crippen molar-refractivity contribution < 1.29 is 0 Å². The highest BCUT2D eigenvalue weighted by Gasteiger charge is 2.04. The molecule has 3 N–H and O–H groups in total. The first-order valence-corrected chi connectivity index (χ1v) is 6.60. The van der Waals surface area contributed by atoms with Crippen molar-refractivity contribution in [1.29, 1.82) is 0 Å². The zero-order chi connectivity index (χ0) is 12.4. The smallest absolute Gasteiger partial charge is 0.0651 e. The van der Waals surface area contributed by atoms with Crippen molar-refractivity contribution in [3.8, 4) is 0 Å². The molecule has 17 heavy (non-hydrogen) atoms. The predicted octanol–water partition coefficient (Wildman–Crippen LogP) is 4.58. The molecule has 0 saturated carbocycles. The fourth-order valence-corrected chi connectivity index (χ4v) is 2.43. The molecule has 2 nitrogen and oxygen atoms in total. The molecule has 0 spiro atoms. The highest BCUT2D eigenvalue weighted by atomic mass is 127. The molecule has 0 aliphatic heterocycles. The van der Waals surface area contributed by atoms with Crippen molar-refractivity contribution in [2.75, 3.05) is 11.1 Å². The average Bonchev–Trinajstić information content (AvgIpc) is 2.25. The van der Waals surface area contributed by atoms with Crippen LogP contribution in [-0.2, 0) is 0 Å². The number of halogens is 2. The van der Waals surface area contributed by atoms with Crippen LogP contribution in [0.15, 0.2) is 36.4 Å². The lowest BCUT2D eigenvalue weighted by atomic mass is 10.2. The van der Waals surface area contributed by atoms with Crippen LogP contribution < -0.4 is 11.1 Å². The van der Waals surface area contributed by atoms with Crippen LogP contribution in [0.5, 0.6) is 0 Å². The topological polar surface area (TPSA) is 38.0 Å². The number of nitrogens with two attached hydrogens (primary N) is 1. The molecular formula is C13H12ClIN2.